The summed E-state index contributed by atoms with van der Waals surface area (Å²) in [5.74, 6) is -2.48. The Morgan fingerprint density at radius 2 is 1.76 bits per heavy atom. The van der Waals surface area contributed by atoms with Crippen molar-refractivity contribution in [3.63, 3.8) is 0 Å². The number of rotatable bonds is 3. The largest absolute Gasteiger partial charge is 0.508 e. The van der Waals surface area contributed by atoms with E-state index in [1.807, 2.05) is 0 Å². The smallest absolute Gasteiger partial charge is 0.337 e. The fourth-order valence-electron chi connectivity index (χ4n) is 1.72. The van der Waals surface area contributed by atoms with Gasteiger partial charge in [-0.2, -0.15) is 0 Å². The van der Waals surface area contributed by atoms with Gasteiger partial charge in [-0.15, -0.1) is 0 Å². The minimum Gasteiger partial charge on any atom is -0.508 e. The third kappa shape index (κ3) is 3.14. The van der Waals surface area contributed by atoms with Crippen LogP contribution in [0.1, 0.15) is 20.7 Å². The first-order valence-electron chi connectivity index (χ1n) is 5.75. The van der Waals surface area contributed by atoms with Crippen LogP contribution in [0.4, 0.5) is 5.69 Å². The number of aromatic hydroxyl groups is 2. The first-order chi connectivity index (χ1) is 9.90. The summed E-state index contributed by atoms with van der Waals surface area (Å²) in [7, 11) is 0. The molecule has 4 N–H and O–H groups in total. The van der Waals surface area contributed by atoms with Gasteiger partial charge in [0.2, 0.25) is 0 Å². The normalized spacial score (nSPS) is 10.1. The van der Waals surface area contributed by atoms with Crippen LogP contribution in [0.2, 0.25) is 0 Å². The predicted molar refractivity (Wildman–Crippen MR) is 78.8 cm³/mol. The number of para-hydroxylation sites is 1. The van der Waals surface area contributed by atoms with Gasteiger partial charge in [0.25, 0.3) is 5.91 Å². The Bertz CT molecular complexity index is 729. The van der Waals surface area contributed by atoms with Gasteiger partial charge in [0.1, 0.15) is 11.5 Å². The van der Waals surface area contributed by atoms with E-state index < -0.39 is 17.6 Å². The van der Waals surface area contributed by atoms with Crippen molar-refractivity contribution in [3.8, 4) is 11.5 Å². The SMILES string of the molecule is O=C(Nc1c(Br)cccc1C(=O)O)c1ccc(O)cc1O. The summed E-state index contributed by atoms with van der Waals surface area (Å²) < 4.78 is 0.397. The maximum atomic E-state index is 12.1. The summed E-state index contributed by atoms with van der Waals surface area (Å²) in [4.78, 5) is 23.3. The van der Waals surface area contributed by atoms with E-state index in [-0.39, 0.29) is 22.6 Å². The van der Waals surface area contributed by atoms with Crippen LogP contribution in [-0.2, 0) is 0 Å². The molecule has 0 atom stereocenters. The highest BCUT2D eigenvalue weighted by atomic mass is 79.9. The van der Waals surface area contributed by atoms with Crippen molar-refractivity contribution in [1.29, 1.82) is 0 Å². The van der Waals surface area contributed by atoms with E-state index in [0.717, 1.165) is 6.07 Å². The minimum absolute atomic E-state index is 0.0834. The number of anilines is 1. The van der Waals surface area contributed by atoms with Crippen LogP contribution >= 0.6 is 15.9 Å². The predicted octanol–water partition coefficient (Wildman–Crippen LogP) is 2.81. The molecular formula is C14H10BrNO5. The quantitative estimate of drug-likeness (QED) is 0.680. The first kappa shape index (κ1) is 14.9. The van der Waals surface area contributed by atoms with E-state index in [9.17, 15) is 19.8 Å². The van der Waals surface area contributed by atoms with E-state index in [2.05, 4.69) is 21.2 Å². The number of aromatic carboxylic acids is 1. The van der Waals surface area contributed by atoms with E-state index >= 15 is 0 Å². The molecule has 0 aliphatic carbocycles. The highest BCUT2D eigenvalue weighted by molar-refractivity contribution is 9.10. The lowest BCUT2D eigenvalue weighted by molar-refractivity contribution is 0.0698. The maximum Gasteiger partial charge on any atom is 0.337 e. The van der Waals surface area contributed by atoms with Crippen molar-refractivity contribution in [2.75, 3.05) is 5.32 Å². The minimum atomic E-state index is -1.19. The molecule has 0 aliphatic heterocycles. The lowest BCUT2D eigenvalue weighted by Crippen LogP contribution is -2.15. The van der Waals surface area contributed by atoms with Gasteiger partial charge < -0.3 is 20.6 Å². The number of hydrogen-bond acceptors (Lipinski definition) is 4. The van der Waals surface area contributed by atoms with E-state index in [0.29, 0.717) is 4.47 Å². The van der Waals surface area contributed by atoms with Crippen LogP contribution in [0.15, 0.2) is 40.9 Å². The number of carboxylic acid groups (broad SMARTS) is 1. The van der Waals surface area contributed by atoms with Gasteiger partial charge >= 0.3 is 5.97 Å². The number of hydrogen-bond donors (Lipinski definition) is 4. The molecule has 0 bridgehead atoms. The number of nitrogens with one attached hydrogen (secondary N) is 1. The van der Waals surface area contributed by atoms with E-state index in [1.165, 1.54) is 24.3 Å². The summed E-state index contributed by atoms with van der Waals surface area (Å²) >= 11 is 3.17. The van der Waals surface area contributed by atoms with Gasteiger partial charge in [-0.05, 0) is 40.2 Å². The number of halogens is 1. The number of phenols is 2. The lowest BCUT2D eigenvalue weighted by atomic mass is 10.1. The third-order valence-electron chi connectivity index (χ3n) is 2.71. The molecule has 21 heavy (non-hydrogen) atoms. The molecule has 2 aromatic rings. The number of benzene rings is 2. The summed E-state index contributed by atoms with van der Waals surface area (Å²) in [5, 5.41) is 30.4. The van der Waals surface area contributed by atoms with Crippen LogP contribution in [0.25, 0.3) is 0 Å². The Kier molecular flexibility index (Phi) is 4.13. The lowest BCUT2D eigenvalue weighted by Gasteiger charge is -2.11. The van der Waals surface area contributed by atoms with Gasteiger partial charge in [0, 0.05) is 10.5 Å². The number of carboxylic acids is 1. The summed E-state index contributed by atoms with van der Waals surface area (Å²) in [6.45, 7) is 0. The van der Waals surface area contributed by atoms with Gasteiger partial charge in [0.15, 0.2) is 0 Å². The van der Waals surface area contributed by atoms with Crippen molar-refractivity contribution in [2.24, 2.45) is 0 Å². The standard InChI is InChI=1S/C14H10BrNO5/c15-10-3-1-2-9(14(20)21)12(10)16-13(19)8-5-4-7(17)6-11(8)18/h1-6,17-18H,(H,16,19)(H,20,21). The number of amides is 1. The number of phenolic OH excluding ortho intramolecular Hbond substituents is 2. The highest BCUT2D eigenvalue weighted by Gasteiger charge is 2.18. The van der Waals surface area contributed by atoms with Crippen molar-refractivity contribution in [2.45, 2.75) is 0 Å². The molecule has 0 aliphatic rings. The second-order valence-electron chi connectivity index (χ2n) is 4.12. The van der Waals surface area contributed by atoms with Crippen LogP contribution in [-0.4, -0.2) is 27.2 Å². The third-order valence-corrected chi connectivity index (χ3v) is 3.37. The zero-order valence-electron chi connectivity index (χ0n) is 10.5. The van der Waals surface area contributed by atoms with E-state index in [4.69, 9.17) is 5.11 Å². The topological polar surface area (TPSA) is 107 Å². The van der Waals surface area contributed by atoms with Gasteiger partial charge in [0.05, 0.1) is 16.8 Å². The van der Waals surface area contributed by atoms with Crippen molar-refractivity contribution in [3.05, 3.63) is 52.0 Å². The molecule has 2 aromatic carbocycles. The monoisotopic (exact) mass is 351 g/mol. The molecule has 0 radical (unpaired) electrons. The highest BCUT2D eigenvalue weighted by Crippen LogP contribution is 2.29. The average Bonchev–Trinajstić information content (AvgIpc) is 2.40. The Balaban J connectivity index is 2.38. The zero-order chi connectivity index (χ0) is 15.6. The van der Waals surface area contributed by atoms with Gasteiger partial charge in [-0.1, -0.05) is 6.07 Å². The Labute approximate surface area is 127 Å². The molecule has 0 heterocycles. The molecule has 0 unspecified atom stereocenters. The molecule has 0 spiro atoms. The van der Waals surface area contributed by atoms with Gasteiger partial charge in [-0.3, -0.25) is 4.79 Å². The Hall–Kier alpha value is -2.54. The molecule has 0 saturated carbocycles. The number of carbonyl (C=O) groups excluding carboxylic acids is 1. The Morgan fingerprint density at radius 1 is 1.05 bits per heavy atom. The maximum absolute atomic E-state index is 12.1. The molecule has 108 valence electrons. The fourth-order valence-corrected chi connectivity index (χ4v) is 2.19. The molecule has 0 saturated heterocycles. The average molecular weight is 352 g/mol. The van der Waals surface area contributed by atoms with Crippen LogP contribution in [0.3, 0.4) is 0 Å². The Morgan fingerprint density at radius 3 is 2.38 bits per heavy atom. The van der Waals surface area contributed by atoms with Crippen molar-refractivity contribution < 1.29 is 24.9 Å². The molecule has 2 rings (SSSR count). The molecule has 0 aromatic heterocycles. The number of carbonyl (C=O) groups is 2. The second kappa shape index (κ2) is 5.84. The zero-order valence-corrected chi connectivity index (χ0v) is 12.1. The van der Waals surface area contributed by atoms with Crippen molar-refractivity contribution in [1.82, 2.24) is 0 Å². The molecular weight excluding hydrogens is 342 g/mol. The first-order valence-corrected chi connectivity index (χ1v) is 6.54. The molecule has 6 nitrogen and oxygen atoms in total. The van der Waals surface area contributed by atoms with Crippen LogP contribution in [0, 0.1) is 0 Å². The van der Waals surface area contributed by atoms with Crippen molar-refractivity contribution >= 4 is 33.5 Å². The van der Waals surface area contributed by atoms with Crippen LogP contribution < -0.4 is 5.32 Å². The molecule has 1 amide bonds. The molecule has 0 fully saturated rings. The molecule has 7 heteroatoms. The summed E-state index contributed by atoms with van der Waals surface area (Å²) in [5.41, 5.74) is -0.0849. The van der Waals surface area contributed by atoms with E-state index in [1.54, 1.807) is 6.07 Å². The fraction of sp³-hybridized carbons (Fsp3) is 0. The van der Waals surface area contributed by atoms with Crippen LogP contribution in [0.5, 0.6) is 11.5 Å². The second-order valence-corrected chi connectivity index (χ2v) is 4.98. The summed E-state index contributed by atoms with van der Waals surface area (Å²) in [6, 6.07) is 7.95. The summed E-state index contributed by atoms with van der Waals surface area (Å²) in [6.07, 6.45) is 0. The van der Waals surface area contributed by atoms with Gasteiger partial charge in [-0.25, -0.2) is 4.79 Å².